The monoisotopic (exact) mass is 289 g/mol. The maximum Gasteiger partial charge on any atom is 0.259 e. The lowest BCUT2D eigenvalue weighted by Crippen LogP contribution is -2.26. The second-order valence-electron chi connectivity index (χ2n) is 4.87. The Morgan fingerprint density at radius 2 is 1.70 bits per heavy atom. The lowest BCUT2D eigenvalue weighted by Gasteiger charge is -2.19. The molecule has 0 aliphatic heterocycles. The molecule has 0 aromatic heterocycles. The number of hydrogen-bond acceptors (Lipinski definition) is 2. The second-order valence-corrected chi connectivity index (χ2v) is 5.28. The molecule has 0 fully saturated rings. The zero-order valence-corrected chi connectivity index (χ0v) is 12.4. The average molecular weight is 290 g/mol. The van der Waals surface area contributed by atoms with Gasteiger partial charge in [0.15, 0.2) is 0 Å². The maximum atomic E-state index is 12.5. The number of phenols is 1. The number of anilines is 1. The number of aromatic hydroxyl groups is 1. The fourth-order valence-corrected chi connectivity index (χ4v) is 2.32. The molecule has 0 atom stereocenters. The molecule has 1 amide bonds. The van der Waals surface area contributed by atoms with E-state index in [-0.39, 0.29) is 17.2 Å². The van der Waals surface area contributed by atoms with Crippen molar-refractivity contribution in [2.45, 2.75) is 13.8 Å². The number of carbonyl (C=O) groups is 1. The van der Waals surface area contributed by atoms with Gasteiger partial charge in [0.25, 0.3) is 5.91 Å². The number of carbonyl (C=O) groups excluding carboxylic acids is 1. The first-order valence-electron chi connectivity index (χ1n) is 6.23. The molecule has 1 N–H and O–H groups in total. The van der Waals surface area contributed by atoms with Gasteiger partial charge in [0, 0.05) is 12.7 Å². The SMILES string of the molecule is Cc1cc(C)cc(N(C)C(=O)c2cc(O)ccc2Cl)c1. The minimum Gasteiger partial charge on any atom is -0.508 e. The van der Waals surface area contributed by atoms with E-state index in [1.54, 1.807) is 7.05 Å². The Morgan fingerprint density at radius 1 is 1.10 bits per heavy atom. The predicted molar refractivity (Wildman–Crippen MR) is 81.8 cm³/mol. The fourth-order valence-electron chi connectivity index (χ4n) is 2.12. The van der Waals surface area contributed by atoms with E-state index >= 15 is 0 Å². The zero-order chi connectivity index (χ0) is 14.9. The van der Waals surface area contributed by atoms with Crippen LogP contribution in [0.1, 0.15) is 21.5 Å². The second kappa shape index (κ2) is 5.55. The van der Waals surface area contributed by atoms with Crippen LogP contribution in [-0.4, -0.2) is 18.1 Å². The average Bonchev–Trinajstić information content (AvgIpc) is 2.38. The van der Waals surface area contributed by atoms with Gasteiger partial charge in [-0.2, -0.15) is 0 Å². The Labute approximate surface area is 123 Å². The highest BCUT2D eigenvalue weighted by molar-refractivity contribution is 6.34. The van der Waals surface area contributed by atoms with E-state index < -0.39 is 0 Å². The van der Waals surface area contributed by atoms with Crippen molar-refractivity contribution < 1.29 is 9.90 Å². The molecule has 0 heterocycles. The van der Waals surface area contributed by atoms with E-state index in [1.165, 1.54) is 23.1 Å². The Balaban J connectivity index is 2.39. The summed E-state index contributed by atoms with van der Waals surface area (Å²) in [4.78, 5) is 14.0. The molecule has 0 radical (unpaired) electrons. The minimum atomic E-state index is -0.254. The molecule has 2 rings (SSSR count). The minimum absolute atomic E-state index is 0.0200. The molecular formula is C16H16ClNO2. The van der Waals surface area contributed by atoms with Gasteiger partial charge in [-0.3, -0.25) is 4.79 Å². The molecule has 2 aromatic rings. The van der Waals surface area contributed by atoms with Crippen LogP contribution in [0.3, 0.4) is 0 Å². The van der Waals surface area contributed by atoms with Crippen LogP contribution in [0.15, 0.2) is 36.4 Å². The van der Waals surface area contributed by atoms with Crippen LogP contribution >= 0.6 is 11.6 Å². The van der Waals surface area contributed by atoms with Crippen molar-refractivity contribution in [1.82, 2.24) is 0 Å². The molecule has 0 aliphatic rings. The molecule has 0 saturated heterocycles. The summed E-state index contributed by atoms with van der Waals surface area (Å²) in [5, 5.41) is 9.82. The number of halogens is 1. The van der Waals surface area contributed by atoms with Gasteiger partial charge in [-0.1, -0.05) is 17.7 Å². The molecule has 2 aromatic carbocycles. The number of nitrogens with zero attached hydrogens (tertiary/aromatic N) is 1. The summed E-state index contributed by atoms with van der Waals surface area (Å²) >= 11 is 6.03. The van der Waals surface area contributed by atoms with E-state index in [0.29, 0.717) is 5.02 Å². The van der Waals surface area contributed by atoms with Crippen molar-refractivity contribution in [3.63, 3.8) is 0 Å². The summed E-state index contributed by atoms with van der Waals surface area (Å²) in [5.74, 6) is -0.234. The topological polar surface area (TPSA) is 40.5 Å². The van der Waals surface area contributed by atoms with Gasteiger partial charge >= 0.3 is 0 Å². The highest BCUT2D eigenvalue weighted by Crippen LogP contribution is 2.25. The Kier molecular flexibility index (Phi) is 4.00. The molecule has 20 heavy (non-hydrogen) atoms. The number of rotatable bonds is 2. The quantitative estimate of drug-likeness (QED) is 0.910. The van der Waals surface area contributed by atoms with Gasteiger partial charge in [0.05, 0.1) is 10.6 Å². The van der Waals surface area contributed by atoms with Crippen LogP contribution in [0.2, 0.25) is 5.02 Å². The fraction of sp³-hybridized carbons (Fsp3) is 0.188. The lowest BCUT2D eigenvalue weighted by molar-refractivity contribution is 0.0993. The normalized spacial score (nSPS) is 10.4. The Morgan fingerprint density at radius 3 is 2.30 bits per heavy atom. The summed E-state index contributed by atoms with van der Waals surface area (Å²) in [7, 11) is 1.69. The number of phenolic OH excluding ortho intramolecular Hbond substituents is 1. The first kappa shape index (κ1) is 14.4. The molecule has 0 aliphatic carbocycles. The Bertz CT molecular complexity index is 647. The van der Waals surface area contributed by atoms with E-state index in [2.05, 4.69) is 0 Å². The molecule has 4 heteroatoms. The van der Waals surface area contributed by atoms with Gasteiger partial charge < -0.3 is 10.0 Å². The number of amides is 1. The van der Waals surface area contributed by atoms with Gasteiger partial charge in [0.2, 0.25) is 0 Å². The first-order valence-corrected chi connectivity index (χ1v) is 6.61. The van der Waals surface area contributed by atoms with Gasteiger partial charge in [-0.25, -0.2) is 0 Å². The lowest BCUT2D eigenvalue weighted by atomic mass is 10.1. The summed E-state index contributed by atoms with van der Waals surface area (Å²) < 4.78 is 0. The van der Waals surface area contributed by atoms with Crippen molar-refractivity contribution in [1.29, 1.82) is 0 Å². The van der Waals surface area contributed by atoms with Crippen LogP contribution in [0.25, 0.3) is 0 Å². The third-order valence-electron chi connectivity index (χ3n) is 3.08. The van der Waals surface area contributed by atoms with Crippen molar-refractivity contribution >= 4 is 23.2 Å². The highest BCUT2D eigenvalue weighted by Gasteiger charge is 2.17. The van der Waals surface area contributed by atoms with Crippen LogP contribution < -0.4 is 4.90 Å². The Hall–Kier alpha value is -2.00. The summed E-state index contributed by atoms with van der Waals surface area (Å²) in [6, 6.07) is 10.3. The number of hydrogen-bond donors (Lipinski definition) is 1. The first-order chi connectivity index (χ1) is 9.38. The molecule has 104 valence electrons. The molecule has 3 nitrogen and oxygen atoms in total. The summed E-state index contributed by atoms with van der Waals surface area (Å²) in [6.45, 7) is 3.96. The van der Waals surface area contributed by atoms with Crippen LogP contribution in [0.4, 0.5) is 5.69 Å². The third-order valence-corrected chi connectivity index (χ3v) is 3.41. The van der Waals surface area contributed by atoms with Crippen molar-refractivity contribution in [2.75, 3.05) is 11.9 Å². The van der Waals surface area contributed by atoms with Crippen molar-refractivity contribution in [3.8, 4) is 5.75 Å². The maximum absolute atomic E-state index is 12.5. The largest absolute Gasteiger partial charge is 0.508 e. The van der Waals surface area contributed by atoms with Gasteiger partial charge in [-0.15, -0.1) is 0 Å². The highest BCUT2D eigenvalue weighted by atomic mass is 35.5. The van der Waals surface area contributed by atoms with Crippen LogP contribution in [0, 0.1) is 13.8 Å². The number of aryl methyl sites for hydroxylation is 2. The summed E-state index contributed by atoms with van der Waals surface area (Å²) in [5.41, 5.74) is 3.25. The van der Waals surface area contributed by atoms with Crippen LogP contribution in [0.5, 0.6) is 5.75 Å². The van der Waals surface area contributed by atoms with E-state index in [1.807, 2.05) is 32.0 Å². The number of benzene rings is 2. The summed E-state index contributed by atoms with van der Waals surface area (Å²) in [6.07, 6.45) is 0. The standard InChI is InChI=1S/C16H16ClNO2/c1-10-6-11(2)8-12(7-10)18(3)16(20)14-9-13(19)4-5-15(14)17/h4-9,19H,1-3H3. The van der Waals surface area contributed by atoms with Crippen LogP contribution in [-0.2, 0) is 0 Å². The molecular weight excluding hydrogens is 274 g/mol. The molecule has 0 spiro atoms. The zero-order valence-electron chi connectivity index (χ0n) is 11.6. The van der Waals surface area contributed by atoms with Crippen molar-refractivity contribution in [2.24, 2.45) is 0 Å². The van der Waals surface area contributed by atoms with E-state index in [4.69, 9.17) is 11.6 Å². The molecule has 0 saturated carbocycles. The van der Waals surface area contributed by atoms with E-state index in [0.717, 1.165) is 16.8 Å². The molecule has 0 unspecified atom stereocenters. The smallest absolute Gasteiger partial charge is 0.259 e. The van der Waals surface area contributed by atoms with Gasteiger partial charge in [0.1, 0.15) is 5.75 Å². The van der Waals surface area contributed by atoms with Gasteiger partial charge in [-0.05, 0) is 55.3 Å². The molecule has 0 bridgehead atoms. The third kappa shape index (κ3) is 2.94. The van der Waals surface area contributed by atoms with E-state index in [9.17, 15) is 9.90 Å². The van der Waals surface area contributed by atoms with Crippen molar-refractivity contribution in [3.05, 3.63) is 58.1 Å². The predicted octanol–water partition coefficient (Wildman–Crippen LogP) is 3.94.